The van der Waals surface area contributed by atoms with Crippen LogP contribution in [0.25, 0.3) is 21.5 Å². The van der Waals surface area contributed by atoms with Crippen molar-refractivity contribution < 1.29 is 28.8 Å². The molecule has 0 aromatic heterocycles. The fraction of sp³-hybridized carbons (Fsp3) is 0.216. The third kappa shape index (κ3) is 6.97. The summed E-state index contributed by atoms with van der Waals surface area (Å²) >= 11 is 0. The van der Waals surface area contributed by atoms with Crippen molar-refractivity contribution in [2.75, 3.05) is 20.4 Å². The maximum atomic E-state index is 14.0. The highest BCUT2D eigenvalue weighted by molar-refractivity contribution is 6.37. The van der Waals surface area contributed by atoms with Crippen molar-refractivity contribution in [2.45, 2.75) is 74.7 Å². The number of carbonyl (C=O) groups is 6. The number of fused-ring (bicyclic) bond motifs is 4. The van der Waals surface area contributed by atoms with Crippen LogP contribution in [0.4, 0.5) is 22.7 Å². The maximum Gasteiger partial charge on any atom is 0.266 e. The Balaban J connectivity index is 1.04. The molecular weight excluding hydrogens is 765 g/mol. The Labute approximate surface area is 354 Å². The van der Waals surface area contributed by atoms with Gasteiger partial charge in [0.2, 0.25) is 5.91 Å². The van der Waals surface area contributed by atoms with Crippen LogP contribution < -0.4 is 20.4 Å². The molecule has 6 aromatic carbocycles. The van der Waals surface area contributed by atoms with E-state index in [1.54, 1.807) is 44.2 Å². The third-order valence-electron chi connectivity index (χ3n) is 11.9. The van der Waals surface area contributed by atoms with Crippen molar-refractivity contribution >= 4 is 79.7 Å². The van der Waals surface area contributed by atoms with Gasteiger partial charge in [0.05, 0.1) is 33.6 Å². The minimum atomic E-state index is -0.393. The summed E-state index contributed by atoms with van der Waals surface area (Å²) < 4.78 is 0. The average Bonchev–Trinajstić information content (AvgIpc) is 3.57. The van der Waals surface area contributed by atoms with Crippen LogP contribution in [0.15, 0.2) is 84.9 Å². The second-order valence-electron chi connectivity index (χ2n) is 16.5. The summed E-state index contributed by atoms with van der Waals surface area (Å²) in [6, 6.07) is 22.6. The largest absolute Gasteiger partial charge is 0.326 e. The number of aryl methyl sites for hydroxylation is 8. The van der Waals surface area contributed by atoms with Gasteiger partial charge in [0.15, 0.2) is 0 Å². The zero-order chi connectivity index (χ0) is 43.8. The minimum absolute atomic E-state index is 0.119. The SMILES string of the molecule is C=C(C)C(=O)Nc1cc(C)c(N2C(=O)c3cc4cc(C)c(CCc5cc6cc7c(cc6cc5C)C(=O)N(c5c(C)cc(NC(=O)CC)cc5C)C7=O)cc4cc3C2=O)c(C)c1. The minimum Gasteiger partial charge on any atom is -0.326 e. The van der Waals surface area contributed by atoms with E-state index in [2.05, 4.69) is 41.5 Å². The van der Waals surface area contributed by atoms with Gasteiger partial charge in [0.25, 0.3) is 29.5 Å². The first-order valence-corrected chi connectivity index (χ1v) is 20.4. The number of hydrogen-bond donors (Lipinski definition) is 2. The summed E-state index contributed by atoms with van der Waals surface area (Å²) in [7, 11) is 0. The molecular formula is C51H46N4O6. The Hall–Kier alpha value is -7.20. The molecule has 6 amide bonds. The van der Waals surface area contributed by atoms with E-state index in [1.807, 2.05) is 59.7 Å². The summed E-state index contributed by atoms with van der Waals surface area (Å²) in [5.74, 6) is -1.96. The number of rotatable bonds is 9. The molecule has 0 spiro atoms. The molecule has 8 rings (SSSR count). The van der Waals surface area contributed by atoms with Crippen molar-refractivity contribution in [1.82, 2.24) is 0 Å². The number of imide groups is 2. The molecule has 10 heteroatoms. The van der Waals surface area contributed by atoms with E-state index in [9.17, 15) is 28.8 Å². The first-order chi connectivity index (χ1) is 28.9. The van der Waals surface area contributed by atoms with E-state index in [0.717, 1.165) is 43.8 Å². The molecule has 10 nitrogen and oxygen atoms in total. The first-order valence-electron chi connectivity index (χ1n) is 20.4. The molecule has 2 N–H and O–H groups in total. The first kappa shape index (κ1) is 40.6. The number of nitrogens with zero attached hydrogens (tertiary/aromatic N) is 2. The van der Waals surface area contributed by atoms with Crippen LogP contribution in [0.5, 0.6) is 0 Å². The molecule has 0 aliphatic carbocycles. The van der Waals surface area contributed by atoms with E-state index >= 15 is 0 Å². The maximum absolute atomic E-state index is 14.0. The van der Waals surface area contributed by atoms with Crippen molar-refractivity contribution in [1.29, 1.82) is 0 Å². The lowest BCUT2D eigenvalue weighted by atomic mass is 9.92. The standard InChI is InChI=1S/C51H46N4O6/c1-10-44(56)52-38-15-28(6)45(29(7)16-38)54-48(58)40-21-34-13-26(4)32(19-36(34)23-42(40)50(54)60)11-12-33-20-37-24-43-41(22-35(37)14-27(33)5)49(59)55(51(43)61)46-30(8)17-39(18-31(46)9)53-47(57)25(2)3/h13-24H,2,10-12H2,1,3-9H3,(H,52,56)(H,53,57). The Bertz CT molecular complexity index is 2980. The molecule has 61 heavy (non-hydrogen) atoms. The second kappa shape index (κ2) is 15.1. The summed E-state index contributed by atoms with van der Waals surface area (Å²) in [5, 5.41) is 9.13. The molecule has 0 atom stereocenters. The smallest absolute Gasteiger partial charge is 0.266 e. The molecule has 0 bridgehead atoms. The Morgan fingerprint density at radius 3 is 1.15 bits per heavy atom. The molecule has 306 valence electrons. The molecule has 6 aromatic rings. The summed E-state index contributed by atoms with van der Waals surface area (Å²) in [6.45, 7) is 18.5. The molecule has 2 aliphatic rings. The highest BCUT2D eigenvalue weighted by Crippen LogP contribution is 2.39. The van der Waals surface area contributed by atoms with Crippen LogP contribution in [0, 0.1) is 41.5 Å². The van der Waals surface area contributed by atoms with E-state index in [1.165, 1.54) is 9.80 Å². The van der Waals surface area contributed by atoms with Gasteiger partial charge in [-0.25, -0.2) is 9.80 Å². The van der Waals surface area contributed by atoms with Crippen LogP contribution in [-0.2, 0) is 22.4 Å². The molecule has 2 aliphatic heterocycles. The molecule has 2 heterocycles. The van der Waals surface area contributed by atoms with Crippen molar-refractivity contribution in [3.63, 3.8) is 0 Å². The number of anilines is 4. The van der Waals surface area contributed by atoms with Gasteiger partial charge in [-0.15, -0.1) is 0 Å². The van der Waals surface area contributed by atoms with Crippen LogP contribution in [0.3, 0.4) is 0 Å². The van der Waals surface area contributed by atoms with Gasteiger partial charge in [0.1, 0.15) is 0 Å². The Morgan fingerprint density at radius 2 is 0.820 bits per heavy atom. The predicted molar refractivity (Wildman–Crippen MR) is 241 cm³/mol. The van der Waals surface area contributed by atoms with Gasteiger partial charge in [-0.2, -0.15) is 0 Å². The molecule has 0 unspecified atom stereocenters. The van der Waals surface area contributed by atoms with Crippen LogP contribution in [0.1, 0.15) is 106 Å². The molecule has 0 saturated carbocycles. The average molecular weight is 811 g/mol. The molecule has 0 saturated heterocycles. The molecule has 0 fully saturated rings. The predicted octanol–water partition coefficient (Wildman–Crippen LogP) is 10.1. The number of hydrogen-bond acceptors (Lipinski definition) is 6. The van der Waals surface area contributed by atoms with Crippen LogP contribution >= 0.6 is 0 Å². The zero-order valence-electron chi connectivity index (χ0n) is 35.6. The Morgan fingerprint density at radius 1 is 0.492 bits per heavy atom. The van der Waals surface area contributed by atoms with Crippen molar-refractivity contribution in [2.24, 2.45) is 0 Å². The van der Waals surface area contributed by atoms with Gasteiger partial charge in [0, 0.05) is 23.4 Å². The summed E-state index contributed by atoms with van der Waals surface area (Å²) in [5.41, 5.74) is 11.1. The topological polar surface area (TPSA) is 133 Å². The molecule has 0 radical (unpaired) electrons. The van der Waals surface area contributed by atoms with Gasteiger partial charge >= 0.3 is 0 Å². The van der Waals surface area contributed by atoms with Gasteiger partial charge in [-0.3, -0.25) is 28.8 Å². The monoisotopic (exact) mass is 810 g/mol. The highest BCUT2D eigenvalue weighted by Gasteiger charge is 2.40. The van der Waals surface area contributed by atoms with Crippen molar-refractivity contribution in [3.05, 3.63) is 152 Å². The lowest BCUT2D eigenvalue weighted by Gasteiger charge is -2.20. The van der Waals surface area contributed by atoms with Crippen LogP contribution in [-0.4, -0.2) is 35.4 Å². The summed E-state index contributed by atoms with van der Waals surface area (Å²) in [6.07, 6.45) is 1.76. The number of carbonyl (C=O) groups excluding carboxylic acids is 6. The normalized spacial score (nSPS) is 13.4. The lowest BCUT2D eigenvalue weighted by molar-refractivity contribution is -0.116. The van der Waals surface area contributed by atoms with E-state index in [4.69, 9.17) is 0 Å². The fourth-order valence-electron chi connectivity index (χ4n) is 8.86. The Kier molecular flexibility index (Phi) is 10.1. The quantitative estimate of drug-likeness (QED) is 0.110. The second-order valence-corrected chi connectivity index (χ2v) is 16.5. The van der Waals surface area contributed by atoms with Gasteiger partial charge < -0.3 is 10.6 Å². The van der Waals surface area contributed by atoms with Gasteiger partial charge in [-0.1, -0.05) is 37.8 Å². The lowest BCUT2D eigenvalue weighted by Crippen LogP contribution is -2.30. The van der Waals surface area contributed by atoms with Gasteiger partial charge in [-0.05, 0) is 176 Å². The highest BCUT2D eigenvalue weighted by atomic mass is 16.2. The third-order valence-corrected chi connectivity index (χ3v) is 11.9. The number of nitrogens with one attached hydrogen (secondary N) is 2. The van der Waals surface area contributed by atoms with Crippen LogP contribution in [0.2, 0.25) is 0 Å². The number of benzene rings is 6. The fourth-order valence-corrected chi connectivity index (χ4v) is 8.86. The van der Waals surface area contributed by atoms with Crippen molar-refractivity contribution in [3.8, 4) is 0 Å². The number of amides is 6. The van der Waals surface area contributed by atoms with E-state index < -0.39 is 5.91 Å². The zero-order valence-corrected chi connectivity index (χ0v) is 35.6. The summed E-state index contributed by atoms with van der Waals surface area (Å²) in [4.78, 5) is 82.4. The van der Waals surface area contributed by atoms with E-state index in [-0.39, 0.29) is 29.5 Å². The van der Waals surface area contributed by atoms with E-state index in [0.29, 0.717) is 92.1 Å².